The van der Waals surface area contributed by atoms with E-state index in [2.05, 4.69) is 5.32 Å². The zero-order valence-corrected chi connectivity index (χ0v) is 10.9. The van der Waals surface area contributed by atoms with Crippen LogP contribution in [0.3, 0.4) is 0 Å². The first-order valence-corrected chi connectivity index (χ1v) is 6.30. The van der Waals surface area contributed by atoms with Gasteiger partial charge in [0.2, 0.25) is 5.91 Å². The Morgan fingerprint density at radius 1 is 1.32 bits per heavy atom. The van der Waals surface area contributed by atoms with Crippen LogP contribution >= 0.6 is 11.3 Å². The van der Waals surface area contributed by atoms with Crippen LogP contribution in [0.1, 0.15) is 16.6 Å². The third-order valence-corrected chi connectivity index (χ3v) is 3.11. The van der Waals surface area contributed by atoms with Gasteiger partial charge in [0, 0.05) is 18.4 Å². The van der Waals surface area contributed by atoms with Crippen molar-refractivity contribution in [2.45, 2.75) is 6.92 Å². The van der Waals surface area contributed by atoms with Crippen molar-refractivity contribution >= 4 is 28.9 Å². The average molecular weight is 277 g/mol. The highest BCUT2D eigenvalue weighted by Crippen LogP contribution is 2.31. The Hall–Kier alpha value is -2.34. The number of para-hydroxylation sites is 2. The second kappa shape index (κ2) is 5.53. The maximum atomic E-state index is 11.1. The average Bonchev–Trinajstić information content (AvgIpc) is 2.80. The monoisotopic (exact) mass is 277 g/mol. The number of nitrogens with one attached hydrogen (secondary N) is 1. The molecular weight excluding hydrogens is 266 g/mol. The number of rotatable bonds is 4. The predicted molar refractivity (Wildman–Crippen MR) is 72.1 cm³/mol. The van der Waals surface area contributed by atoms with Crippen molar-refractivity contribution in [3.8, 4) is 11.5 Å². The largest absolute Gasteiger partial charge is 0.477 e. The first-order valence-electron chi connectivity index (χ1n) is 5.42. The second-order valence-corrected chi connectivity index (χ2v) is 4.64. The molecule has 0 atom stereocenters. The number of hydrogen-bond donors (Lipinski definition) is 2. The molecule has 0 aliphatic carbocycles. The van der Waals surface area contributed by atoms with Gasteiger partial charge in [0.15, 0.2) is 5.75 Å². The number of benzene rings is 1. The molecule has 0 radical (unpaired) electrons. The summed E-state index contributed by atoms with van der Waals surface area (Å²) in [5, 5.41) is 13.1. The van der Waals surface area contributed by atoms with Crippen molar-refractivity contribution in [2.75, 3.05) is 5.32 Å². The molecule has 6 heteroatoms. The van der Waals surface area contributed by atoms with Crippen LogP contribution in [0.2, 0.25) is 0 Å². The summed E-state index contributed by atoms with van der Waals surface area (Å²) in [4.78, 5) is 22.0. The summed E-state index contributed by atoms with van der Waals surface area (Å²) in [5.74, 6) is -0.296. The minimum absolute atomic E-state index is 0.201. The van der Waals surface area contributed by atoms with Crippen LogP contribution in [-0.4, -0.2) is 17.0 Å². The van der Waals surface area contributed by atoms with Crippen LogP contribution in [0.25, 0.3) is 0 Å². The Morgan fingerprint density at radius 2 is 2.05 bits per heavy atom. The summed E-state index contributed by atoms with van der Waals surface area (Å²) >= 11 is 1.08. The fraction of sp³-hybridized carbons (Fsp3) is 0.0769. The van der Waals surface area contributed by atoms with Crippen molar-refractivity contribution in [1.82, 2.24) is 0 Å². The number of carboxylic acid groups (broad SMARTS) is 1. The number of hydrogen-bond acceptors (Lipinski definition) is 4. The molecule has 0 saturated carbocycles. The first kappa shape index (κ1) is 13.1. The van der Waals surface area contributed by atoms with Gasteiger partial charge in [-0.3, -0.25) is 4.79 Å². The third kappa shape index (κ3) is 3.32. The lowest BCUT2D eigenvalue weighted by Crippen LogP contribution is -2.06. The highest BCUT2D eigenvalue weighted by Gasteiger charge is 2.10. The minimum atomic E-state index is -0.991. The third-order valence-electron chi connectivity index (χ3n) is 2.21. The van der Waals surface area contributed by atoms with E-state index in [1.54, 1.807) is 29.6 Å². The molecule has 0 unspecified atom stereocenters. The quantitative estimate of drug-likeness (QED) is 0.899. The molecule has 19 heavy (non-hydrogen) atoms. The van der Waals surface area contributed by atoms with E-state index < -0.39 is 5.97 Å². The van der Waals surface area contributed by atoms with Gasteiger partial charge in [0.05, 0.1) is 5.69 Å². The normalized spacial score (nSPS) is 9.95. The van der Waals surface area contributed by atoms with Gasteiger partial charge in [-0.1, -0.05) is 12.1 Å². The Morgan fingerprint density at radius 3 is 2.68 bits per heavy atom. The lowest BCUT2D eigenvalue weighted by molar-refractivity contribution is -0.114. The number of carbonyl (C=O) groups is 2. The van der Waals surface area contributed by atoms with Crippen LogP contribution < -0.4 is 10.1 Å². The maximum Gasteiger partial charge on any atom is 0.346 e. The van der Waals surface area contributed by atoms with E-state index in [0.717, 1.165) is 11.3 Å². The molecule has 1 aromatic carbocycles. The smallest absolute Gasteiger partial charge is 0.346 e. The summed E-state index contributed by atoms with van der Waals surface area (Å²) in [7, 11) is 0. The summed E-state index contributed by atoms with van der Waals surface area (Å²) < 4.78 is 5.57. The molecule has 1 heterocycles. The highest BCUT2D eigenvalue weighted by molar-refractivity contribution is 7.12. The topological polar surface area (TPSA) is 75.6 Å². The fourth-order valence-electron chi connectivity index (χ4n) is 1.46. The predicted octanol–water partition coefficient (Wildman–Crippen LogP) is 3.20. The molecule has 5 nitrogen and oxygen atoms in total. The van der Waals surface area contributed by atoms with E-state index >= 15 is 0 Å². The van der Waals surface area contributed by atoms with E-state index in [0.29, 0.717) is 17.2 Å². The molecule has 1 amide bonds. The lowest BCUT2D eigenvalue weighted by atomic mass is 10.3. The molecule has 98 valence electrons. The van der Waals surface area contributed by atoms with Gasteiger partial charge >= 0.3 is 5.97 Å². The summed E-state index contributed by atoms with van der Waals surface area (Å²) in [5.41, 5.74) is 0.540. The van der Waals surface area contributed by atoms with Gasteiger partial charge < -0.3 is 15.2 Å². The summed E-state index contributed by atoms with van der Waals surface area (Å²) in [6.45, 7) is 1.41. The van der Waals surface area contributed by atoms with Crippen LogP contribution in [-0.2, 0) is 4.79 Å². The molecule has 1 aromatic heterocycles. The van der Waals surface area contributed by atoms with Gasteiger partial charge in [-0.05, 0) is 12.1 Å². The fourth-order valence-corrected chi connectivity index (χ4v) is 2.10. The van der Waals surface area contributed by atoms with Crippen molar-refractivity contribution in [3.63, 3.8) is 0 Å². The SMILES string of the molecule is CC(=O)Nc1ccccc1Oc1csc(C(=O)O)c1. The number of ether oxygens (including phenoxy) is 1. The van der Waals surface area contributed by atoms with Gasteiger partial charge in [-0.25, -0.2) is 4.79 Å². The summed E-state index contributed by atoms with van der Waals surface area (Å²) in [6, 6.07) is 8.39. The number of amides is 1. The van der Waals surface area contributed by atoms with Crippen LogP contribution in [0, 0.1) is 0 Å². The van der Waals surface area contributed by atoms with E-state index in [-0.39, 0.29) is 10.8 Å². The summed E-state index contributed by atoms with van der Waals surface area (Å²) in [6.07, 6.45) is 0. The number of carboxylic acids is 1. The molecule has 0 fully saturated rings. The zero-order chi connectivity index (χ0) is 13.8. The van der Waals surface area contributed by atoms with Crippen LogP contribution in [0.4, 0.5) is 5.69 Å². The number of thiophene rings is 1. The van der Waals surface area contributed by atoms with E-state index in [9.17, 15) is 9.59 Å². The van der Waals surface area contributed by atoms with Gasteiger partial charge in [-0.2, -0.15) is 0 Å². The van der Waals surface area contributed by atoms with Crippen molar-refractivity contribution in [3.05, 3.63) is 40.6 Å². The Bertz CT molecular complexity index is 621. The standard InChI is InChI=1S/C13H11NO4S/c1-8(15)14-10-4-2-3-5-11(10)18-9-6-12(13(16)17)19-7-9/h2-7H,1H3,(H,14,15)(H,16,17). The molecule has 0 aliphatic rings. The Balaban J connectivity index is 2.22. The number of aromatic carboxylic acids is 1. The number of carbonyl (C=O) groups excluding carboxylic acids is 1. The molecule has 2 N–H and O–H groups in total. The highest BCUT2D eigenvalue weighted by atomic mass is 32.1. The first-order chi connectivity index (χ1) is 9.06. The van der Waals surface area contributed by atoms with Gasteiger partial charge in [-0.15, -0.1) is 11.3 Å². The molecule has 0 saturated heterocycles. The molecule has 0 aliphatic heterocycles. The molecular formula is C13H11NO4S. The Kier molecular flexibility index (Phi) is 3.82. The van der Waals surface area contributed by atoms with Crippen LogP contribution in [0.15, 0.2) is 35.7 Å². The van der Waals surface area contributed by atoms with E-state index in [4.69, 9.17) is 9.84 Å². The minimum Gasteiger partial charge on any atom is -0.477 e. The molecule has 0 spiro atoms. The lowest BCUT2D eigenvalue weighted by Gasteiger charge is -2.09. The van der Waals surface area contributed by atoms with E-state index in [1.165, 1.54) is 13.0 Å². The van der Waals surface area contributed by atoms with Crippen LogP contribution in [0.5, 0.6) is 11.5 Å². The van der Waals surface area contributed by atoms with Crippen molar-refractivity contribution < 1.29 is 19.4 Å². The maximum absolute atomic E-state index is 11.1. The van der Waals surface area contributed by atoms with E-state index in [1.807, 2.05) is 0 Å². The zero-order valence-electron chi connectivity index (χ0n) is 10.0. The van der Waals surface area contributed by atoms with Gasteiger partial charge in [0.1, 0.15) is 10.6 Å². The van der Waals surface area contributed by atoms with Crippen molar-refractivity contribution in [1.29, 1.82) is 0 Å². The molecule has 0 bridgehead atoms. The second-order valence-electron chi connectivity index (χ2n) is 3.73. The Labute approximate surface area is 113 Å². The van der Waals surface area contributed by atoms with Gasteiger partial charge in [0.25, 0.3) is 0 Å². The molecule has 2 rings (SSSR count). The number of anilines is 1. The van der Waals surface area contributed by atoms with Crippen molar-refractivity contribution in [2.24, 2.45) is 0 Å². The molecule has 2 aromatic rings.